The molecule has 1 aromatic rings. The van der Waals surface area contributed by atoms with Gasteiger partial charge >= 0.3 is 25.4 Å². The Morgan fingerprint density at radius 2 is 1.27 bits per heavy atom. The van der Waals surface area contributed by atoms with E-state index >= 15 is 0 Å². The number of rotatable bonds is 5. The van der Waals surface area contributed by atoms with Crippen LogP contribution in [-0.4, -0.2) is 17.5 Å². The first-order chi connectivity index (χ1) is 10.9. The average molecular weight is 377 g/mol. The van der Waals surface area contributed by atoms with Crippen molar-refractivity contribution in [1.29, 1.82) is 0 Å². The molecule has 3 heteroatoms. The van der Waals surface area contributed by atoms with Crippen LogP contribution in [0.1, 0.15) is 69.8 Å². The summed E-state index contributed by atoms with van der Waals surface area (Å²) in [7, 11) is 4.81. The average Bonchev–Trinajstić information content (AvgIpc) is 3.12. The first-order valence-electron chi connectivity index (χ1n) is 9.05. The maximum atomic E-state index is 4.51. The van der Waals surface area contributed by atoms with Crippen LogP contribution in [-0.2, 0) is 21.8 Å². The predicted molar refractivity (Wildman–Crippen MR) is 97.1 cm³/mol. The van der Waals surface area contributed by atoms with E-state index in [0.29, 0.717) is 7.92 Å². The molecule has 0 radical (unpaired) electrons. The van der Waals surface area contributed by atoms with Crippen LogP contribution in [0.5, 0.6) is 0 Å². The van der Waals surface area contributed by atoms with Crippen LogP contribution in [0, 0.1) is 0 Å². The van der Waals surface area contributed by atoms with Crippen LogP contribution in [0.4, 0.5) is 0 Å². The summed E-state index contributed by atoms with van der Waals surface area (Å²) in [5.41, 5.74) is 3.83. The third-order valence-corrected chi connectivity index (χ3v) is 9.13. The van der Waals surface area contributed by atoms with E-state index in [0.717, 1.165) is 11.3 Å². The molecule has 0 nitrogen and oxygen atoms in total. The molecule has 3 rings (SSSR count). The second-order valence-electron chi connectivity index (χ2n) is 6.86. The van der Waals surface area contributed by atoms with Gasteiger partial charge in [-0.3, -0.25) is 0 Å². The molecule has 22 heavy (non-hydrogen) atoms. The molecule has 0 aliphatic heterocycles. The summed E-state index contributed by atoms with van der Waals surface area (Å²) in [6, 6.07) is 9.07. The van der Waals surface area contributed by atoms with Crippen molar-refractivity contribution in [2.75, 3.05) is 6.16 Å². The number of aryl methyl sites for hydroxylation is 1. The zero-order chi connectivity index (χ0) is 15.6. The van der Waals surface area contributed by atoms with Crippen LogP contribution >= 0.6 is 18.0 Å². The Bertz CT molecular complexity index is 349. The van der Waals surface area contributed by atoms with E-state index in [4.69, 9.17) is 0 Å². The van der Waals surface area contributed by atoms with E-state index in [1.165, 1.54) is 51.1 Å². The molecule has 2 aliphatic rings. The van der Waals surface area contributed by atoms with Crippen molar-refractivity contribution in [3.05, 3.63) is 29.8 Å². The van der Waals surface area contributed by atoms with Gasteiger partial charge in [0.05, 0.1) is 0 Å². The first-order valence-corrected chi connectivity index (χ1v) is 12.5. The normalized spacial score (nSPS) is 20.6. The standard InChI is InChI=1S/C19H30P.ClH.Cr/c1-3-11-18(12-4-1)20(19-13-5-2-6-14-19)16-15-17-9-7-8-10-17;;/h7-10,18-19H,1-6,11-16H2;1H;/q-1;;+3/p-1. The van der Waals surface area contributed by atoms with E-state index in [2.05, 4.69) is 49.7 Å². The molecule has 2 aliphatic carbocycles. The van der Waals surface area contributed by atoms with Gasteiger partial charge in [-0.15, -0.1) is 7.92 Å². The fourth-order valence-electron chi connectivity index (χ4n) is 4.33. The zero-order valence-corrected chi connectivity index (χ0v) is 16.6. The maximum absolute atomic E-state index is 4.51. The number of hydrogen-bond donors (Lipinski definition) is 0. The predicted octanol–water partition coefficient (Wildman–Crippen LogP) is 6.78. The van der Waals surface area contributed by atoms with E-state index in [1.54, 1.807) is 31.2 Å². The molecule has 1 aromatic carbocycles. The molecular formula is C19H30ClCrP+. The SMILES string of the molecule is [Cl][Cr+2].c1cc[c-](CCP(C2CCCCC2)C2CCCCC2)c1. The summed E-state index contributed by atoms with van der Waals surface area (Å²) >= 11 is 2.10. The molecular weight excluding hydrogens is 347 g/mol. The smallest absolute Gasteiger partial charge is 0.0207 e. The fourth-order valence-corrected chi connectivity index (χ4v) is 8.23. The molecule has 0 unspecified atom stereocenters. The van der Waals surface area contributed by atoms with Crippen molar-refractivity contribution in [2.24, 2.45) is 0 Å². The molecule has 2 fully saturated rings. The third kappa shape index (κ3) is 5.91. The zero-order valence-electron chi connectivity index (χ0n) is 13.7. The van der Waals surface area contributed by atoms with Crippen LogP contribution < -0.4 is 0 Å². The molecule has 123 valence electrons. The van der Waals surface area contributed by atoms with Gasteiger partial charge in [0, 0.05) is 0 Å². The van der Waals surface area contributed by atoms with Gasteiger partial charge in [-0.2, -0.15) is 17.7 Å². The minimum absolute atomic E-state index is 0.298. The fraction of sp³-hybridized carbons (Fsp3) is 0.737. The van der Waals surface area contributed by atoms with E-state index < -0.39 is 0 Å². The molecule has 0 saturated heterocycles. The molecule has 0 aromatic heterocycles. The van der Waals surface area contributed by atoms with Gasteiger partial charge in [0.25, 0.3) is 0 Å². The summed E-state index contributed by atoms with van der Waals surface area (Å²) in [4.78, 5) is 0. The Hall–Kier alpha value is 0.602. The molecule has 2 saturated carbocycles. The van der Waals surface area contributed by atoms with Crippen LogP contribution in [0.3, 0.4) is 0 Å². The van der Waals surface area contributed by atoms with Gasteiger partial charge in [0.15, 0.2) is 0 Å². The molecule has 0 spiro atoms. The van der Waals surface area contributed by atoms with Gasteiger partial charge < -0.3 is 0 Å². The second kappa shape index (κ2) is 11.2. The van der Waals surface area contributed by atoms with Gasteiger partial charge in [-0.25, -0.2) is 12.1 Å². The summed E-state index contributed by atoms with van der Waals surface area (Å²) < 4.78 is 0. The molecule has 0 atom stereocenters. The molecule has 0 amide bonds. The third-order valence-electron chi connectivity index (χ3n) is 5.48. The minimum Gasteiger partial charge on any atom is -0.213 e. The Labute approximate surface area is 151 Å². The summed E-state index contributed by atoms with van der Waals surface area (Å²) in [5.74, 6) is 0. The largest absolute Gasteiger partial charge is 0.213 e. The number of halogens is 1. The Balaban J connectivity index is 0.000000847. The topological polar surface area (TPSA) is 0 Å². The quantitative estimate of drug-likeness (QED) is 0.392. The monoisotopic (exact) mass is 376 g/mol. The van der Waals surface area contributed by atoms with Crippen molar-refractivity contribution >= 4 is 18.0 Å². The molecule has 0 N–H and O–H groups in total. The number of hydrogen-bond acceptors (Lipinski definition) is 0. The van der Waals surface area contributed by atoms with E-state index in [-0.39, 0.29) is 0 Å². The van der Waals surface area contributed by atoms with E-state index in [9.17, 15) is 0 Å². The Kier molecular flexibility index (Phi) is 9.65. The molecule has 0 bridgehead atoms. The van der Waals surface area contributed by atoms with Gasteiger partial charge in [0.2, 0.25) is 0 Å². The van der Waals surface area contributed by atoms with Gasteiger partial charge in [-0.05, 0) is 43.2 Å². The van der Waals surface area contributed by atoms with Crippen molar-refractivity contribution in [3.8, 4) is 0 Å². The summed E-state index contributed by atoms with van der Waals surface area (Å²) in [6.45, 7) is 0. The minimum atomic E-state index is 0.298. The maximum Gasteiger partial charge on any atom is -0.0207 e. The van der Waals surface area contributed by atoms with Crippen LogP contribution in [0.15, 0.2) is 24.3 Å². The van der Waals surface area contributed by atoms with E-state index in [1.807, 2.05) is 0 Å². The first kappa shape index (κ1) is 18.9. The Morgan fingerprint density at radius 3 is 1.73 bits per heavy atom. The van der Waals surface area contributed by atoms with Crippen molar-refractivity contribution in [1.82, 2.24) is 0 Å². The summed E-state index contributed by atoms with van der Waals surface area (Å²) in [5, 5.41) is 0. The Morgan fingerprint density at radius 1 is 0.818 bits per heavy atom. The van der Waals surface area contributed by atoms with Crippen LogP contribution in [0.2, 0.25) is 0 Å². The van der Waals surface area contributed by atoms with Crippen molar-refractivity contribution in [2.45, 2.75) is 81.9 Å². The van der Waals surface area contributed by atoms with Crippen LogP contribution in [0.25, 0.3) is 0 Å². The molecule has 0 heterocycles. The summed E-state index contributed by atoms with van der Waals surface area (Å²) in [6.07, 6.45) is 18.2. The van der Waals surface area contributed by atoms with Crippen molar-refractivity contribution < 1.29 is 15.4 Å². The van der Waals surface area contributed by atoms with Crippen molar-refractivity contribution in [3.63, 3.8) is 0 Å². The van der Waals surface area contributed by atoms with Gasteiger partial charge in [-0.1, -0.05) is 44.9 Å². The van der Waals surface area contributed by atoms with Gasteiger partial charge in [0.1, 0.15) is 0 Å². The second-order valence-corrected chi connectivity index (χ2v) is 9.80.